The van der Waals surface area contributed by atoms with E-state index < -0.39 is 6.26 Å². The Balaban J connectivity index is 3.35. The molecule has 0 aromatic heterocycles. The molecule has 0 aliphatic rings. The Kier molecular flexibility index (Phi) is 6.84. The number of hydrogen-bond acceptors (Lipinski definition) is 1. The Bertz CT molecular complexity index is 156. The fourth-order valence-electron chi connectivity index (χ4n) is 1.47. The fraction of sp³-hybridized carbons (Fsp3) is 0.917. The van der Waals surface area contributed by atoms with Gasteiger partial charge in [0.1, 0.15) is 7.63 Å². The summed E-state index contributed by atoms with van der Waals surface area (Å²) in [6, 6.07) is 0. The zero-order valence-electron chi connectivity index (χ0n) is 10.3. The van der Waals surface area contributed by atoms with Gasteiger partial charge < -0.3 is 4.79 Å². The highest BCUT2D eigenvalue weighted by Gasteiger charge is 2.03. The van der Waals surface area contributed by atoms with Crippen molar-refractivity contribution in [3.8, 4) is 0 Å². The molecule has 0 aromatic rings. The summed E-state index contributed by atoms with van der Waals surface area (Å²) in [6.07, 6.45) is 5.95. The van der Waals surface area contributed by atoms with E-state index in [1.165, 1.54) is 25.7 Å². The van der Waals surface area contributed by atoms with Gasteiger partial charge in [-0.25, -0.2) is 0 Å². The predicted molar refractivity (Wildman–Crippen MR) is 57.8 cm³/mol. The van der Waals surface area contributed by atoms with E-state index in [1.54, 1.807) is 0 Å². The molecule has 0 amide bonds. The Morgan fingerprint density at radius 3 is 2.38 bits per heavy atom. The summed E-state index contributed by atoms with van der Waals surface area (Å²) in [4.78, 5) is 10.4. The Hall–Kier alpha value is -0.330. The molecule has 78 valence electrons. The zero-order chi connectivity index (χ0) is 11.0. The highest BCUT2D eigenvalue weighted by atomic mass is 16.1. The first-order valence-electron chi connectivity index (χ1n) is 6.05. The fourth-order valence-corrected chi connectivity index (χ4v) is 1.47. The monoisotopic (exact) mass is 185 g/mol. The van der Waals surface area contributed by atoms with Crippen LogP contribution in [0.2, 0.25) is 0 Å². The van der Waals surface area contributed by atoms with E-state index in [4.69, 9.17) is 1.37 Å². The summed E-state index contributed by atoms with van der Waals surface area (Å²) in [5, 5.41) is 0. The molecular formula is C12H24O. The maximum absolute atomic E-state index is 10.4. The molecule has 0 rings (SSSR count). The van der Waals surface area contributed by atoms with Gasteiger partial charge in [0.15, 0.2) is 0 Å². The molecule has 0 fully saturated rings. The van der Waals surface area contributed by atoms with Crippen LogP contribution in [0.1, 0.15) is 60.7 Å². The summed E-state index contributed by atoms with van der Waals surface area (Å²) in [6.45, 7) is 6.70. The first-order chi connectivity index (χ1) is 6.56. The molecule has 0 saturated carbocycles. The van der Waals surface area contributed by atoms with Crippen molar-refractivity contribution in [3.63, 3.8) is 0 Å². The number of carbonyl (C=O) groups excluding carboxylic acids is 1. The molecule has 0 aliphatic heterocycles. The highest BCUT2D eigenvalue weighted by Crippen LogP contribution is 2.17. The molecule has 1 heteroatoms. The van der Waals surface area contributed by atoms with Crippen molar-refractivity contribution < 1.29 is 6.17 Å². The molecule has 0 heterocycles. The average Bonchev–Trinajstić information content (AvgIpc) is 2.14. The van der Waals surface area contributed by atoms with Gasteiger partial charge >= 0.3 is 0 Å². The second kappa shape index (κ2) is 8.28. The van der Waals surface area contributed by atoms with Crippen LogP contribution in [0.5, 0.6) is 0 Å². The Morgan fingerprint density at radius 2 is 1.85 bits per heavy atom. The van der Waals surface area contributed by atoms with Crippen LogP contribution in [-0.4, -0.2) is 6.26 Å². The number of rotatable bonds is 8. The van der Waals surface area contributed by atoms with E-state index in [0.717, 1.165) is 12.3 Å². The lowest BCUT2D eigenvalue weighted by molar-refractivity contribution is -0.108. The van der Waals surface area contributed by atoms with Crippen molar-refractivity contribution in [2.45, 2.75) is 59.3 Å². The second-order valence-electron chi connectivity index (χ2n) is 4.23. The summed E-state index contributed by atoms with van der Waals surface area (Å²) in [5.74, 6) is 1.44. The molecule has 0 saturated heterocycles. The van der Waals surface area contributed by atoms with Crippen LogP contribution in [-0.2, 0) is 4.79 Å². The van der Waals surface area contributed by atoms with Crippen LogP contribution in [0, 0.1) is 11.8 Å². The lowest BCUT2D eigenvalue weighted by atomic mass is 9.95. The molecule has 0 N–H and O–H groups in total. The molecule has 0 bridgehead atoms. The number of hydrogen-bond donors (Lipinski definition) is 0. The largest absolute Gasteiger partial charge is 0.303 e. The smallest absolute Gasteiger partial charge is 0.120 e. The van der Waals surface area contributed by atoms with Crippen molar-refractivity contribution in [3.05, 3.63) is 0 Å². The number of carbonyl (C=O) groups is 1. The van der Waals surface area contributed by atoms with Crippen molar-refractivity contribution in [2.75, 3.05) is 0 Å². The molecule has 2 atom stereocenters. The molecule has 1 nitrogen and oxygen atoms in total. The van der Waals surface area contributed by atoms with Crippen molar-refractivity contribution >= 4 is 6.26 Å². The van der Waals surface area contributed by atoms with Gasteiger partial charge in [-0.05, 0) is 18.3 Å². The van der Waals surface area contributed by atoms with Crippen molar-refractivity contribution in [1.29, 1.82) is 0 Å². The summed E-state index contributed by atoms with van der Waals surface area (Å²) in [5.41, 5.74) is 0. The average molecular weight is 185 g/mol. The summed E-state index contributed by atoms with van der Waals surface area (Å²) < 4.78 is 6.81. The third-order valence-corrected chi connectivity index (χ3v) is 2.83. The van der Waals surface area contributed by atoms with Crippen LogP contribution in [0.25, 0.3) is 0 Å². The normalized spacial score (nSPS) is 16.4. The maximum atomic E-state index is 10.4. The third kappa shape index (κ3) is 8.01. The lowest BCUT2D eigenvalue weighted by Gasteiger charge is -2.11. The standard InChI is InChI=1S/C12H24O/c1-4-11(2)7-5-8-12(3)9-6-10-13/h10-12H,4-9H2,1-3H3/i10D. The van der Waals surface area contributed by atoms with Crippen LogP contribution in [0.4, 0.5) is 0 Å². The first-order valence-corrected chi connectivity index (χ1v) is 5.55. The van der Waals surface area contributed by atoms with E-state index in [-0.39, 0.29) is 0 Å². The summed E-state index contributed by atoms with van der Waals surface area (Å²) in [7, 11) is 0. The minimum atomic E-state index is -0.418. The van der Waals surface area contributed by atoms with E-state index in [0.29, 0.717) is 12.3 Å². The minimum absolute atomic E-state index is 0.418. The summed E-state index contributed by atoms with van der Waals surface area (Å²) >= 11 is 0. The van der Waals surface area contributed by atoms with Crippen LogP contribution >= 0.6 is 0 Å². The Morgan fingerprint density at radius 1 is 1.23 bits per heavy atom. The lowest BCUT2D eigenvalue weighted by Crippen LogP contribution is -1.98. The molecule has 0 aromatic carbocycles. The van der Waals surface area contributed by atoms with Gasteiger partial charge in [0.05, 0.1) is 0 Å². The zero-order valence-corrected chi connectivity index (χ0v) is 9.31. The SMILES string of the molecule is [2H]C(=O)CCC(C)CCCC(C)CC. The van der Waals surface area contributed by atoms with Gasteiger partial charge in [-0.3, -0.25) is 0 Å². The maximum Gasteiger partial charge on any atom is 0.120 e. The molecule has 0 spiro atoms. The first kappa shape index (κ1) is 10.7. The van der Waals surface area contributed by atoms with Gasteiger partial charge in [-0.15, -0.1) is 0 Å². The molecule has 2 unspecified atom stereocenters. The third-order valence-electron chi connectivity index (χ3n) is 2.83. The quantitative estimate of drug-likeness (QED) is 0.525. The van der Waals surface area contributed by atoms with Crippen LogP contribution in [0.15, 0.2) is 0 Å². The van der Waals surface area contributed by atoms with Crippen LogP contribution < -0.4 is 0 Å². The van der Waals surface area contributed by atoms with E-state index in [2.05, 4.69) is 20.8 Å². The van der Waals surface area contributed by atoms with Crippen LogP contribution in [0.3, 0.4) is 0 Å². The van der Waals surface area contributed by atoms with E-state index >= 15 is 0 Å². The van der Waals surface area contributed by atoms with E-state index in [1.807, 2.05) is 0 Å². The van der Waals surface area contributed by atoms with Crippen molar-refractivity contribution in [1.82, 2.24) is 0 Å². The van der Waals surface area contributed by atoms with Gasteiger partial charge in [-0.2, -0.15) is 0 Å². The van der Waals surface area contributed by atoms with Gasteiger partial charge in [0.2, 0.25) is 0 Å². The molecule has 0 aliphatic carbocycles. The van der Waals surface area contributed by atoms with Gasteiger partial charge in [0.25, 0.3) is 0 Å². The van der Waals surface area contributed by atoms with Gasteiger partial charge in [0, 0.05) is 6.42 Å². The van der Waals surface area contributed by atoms with E-state index in [9.17, 15) is 4.79 Å². The highest BCUT2D eigenvalue weighted by molar-refractivity contribution is 5.49. The predicted octanol–water partition coefficient (Wildman–Crippen LogP) is 3.82. The van der Waals surface area contributed by atoms with Gasteiger partial charge in [-0.1, -0.05) is 46.5 Å². The molecule has 0 radical (unpaired) electrons. The molecule has 13 heavy (non-hydrogen) atoms. The number of aldehydes is 1. The Labute approximate surface area is 84.3 Å². The topological polar surface area (TPSA) is 17.1 Å². The molecular weight excluding hydrogens is 160 g/mol. The minimum Gasteiger partial charge on any atom is -0.303 e. The second-order valence-corrected chi connectivity index (χ2v) is 4.23. The van der Waals surface area contributed by atoms with Crippen molar-refractivity contribution in [2.24, 2.45) is 11.8 Å².